The van der Waals surface area contributed by atoms with Gasteiger partial charge in [-0.15, -0.1) is 0 Å². The van der Waals surface area contributed by atoms with Gasteiger partial charge < -0.3 is 0 Å². The summed E-state index contributed by atoms with van der Waals surface area (Å²) in [6, 6.07) is 0. The molecule has 5 aliphatic carbocycles. The lowest BCUT2D eigenvalue weighted by atomic mass is 9.52. The second-order valence-corrected chi connectivity index (χ2v) is 17.6. The van der Waals surface area contributed by atoms with Crippen LogP contribution in [-0.2, 0) is 0 Å². The highest BCUT2D eigenvalue weighted by molar-refractivity contribution is 5.27. The zero-order valence-electron chi connectivity index (χ0n) is 31.3. The van der Waals surface area contributed by atoms with Gasteiger partial charge >= 0.3 is 0 Å². The first-order valence-corrected chi connectivity index (χ1v) is 18.4. The molecule has 0 amide bonds. The molecular formula is C45H70. The topological polar surface area (TPSA) is 0 Å². The molecule has 0 nitrogen and oxygen atoms in total. The molecule has 45 heavy (non-hydrogen) atoms. The summed E-state index contributed by atoms with van der Waals surface area (Å²) in [5.41, 5.74) is 10.4. The van der Waals surface area contributed by atoms with Crippen LogP contribution in [0.15, 0.2) is 95.2 Å². The van der Waals surface area contributed by atoms with E-state index in [2.05, 4.69) is 131 Å². The van der Waals surface area contributed by atoms with E-state index in [-0.39, 0.29) is 0 Å². The first-order valence-electron chi connectivity index (χ1n) is 18.4. The van der Waals surface area contributed by atoms with Crippen molar-refractivity contribution in [3.05, 3.63) is 95.2 Å². The molecule has 0 aliphatic heterocycles. The molecule has 0 N–H and O–H groups in total. The summed E-state index contributed by atoms with van der Waals surface area (Å²) in [6.07, 6.45) is 33.4. The number of hydrogen-bond acceptors (Lipinski definition) is 0. The minimum Gasteiger partial charge on any atom is -0.0996 e. The quantitative estimate of drug-likeness (QED) is 0.239. The smallest absolute Gasteiger partial charge is 0.0167 e. The van der Waals surface area contributed by atoms with Crippen LogP contribution in [0.3, 0.4) is 0 Å². The van der Waals surface area contributed by atoms with Crippen molar-refractivity contribution in [2.45, 2.75) is 146 Å². The molecule has 0 heterocycles. The van der Waals surface area contributed by atoms with E-state index in [0.29, 0.717) is 16.2 Å². The molecule has 0 spiro atoms. The number of rotatable bonds is 0. The van der Waals surface area contributed by atoms with Crippen LogP contribution >= 0.6 is 0 Å². The average molecular weight is 611 g/mol. The lowest BCUT2D eigenvalue weighted by molar-refractivity contribution is 0.00377. The van der Waals surface area contributed by atoms with Crippen molar-refractivity contribution in [2.24, 2.45) is 39.9 Å². The first-order chi connectivity index (χ1) is 21.0. The Morgan fingerprint density at radius 1 is 0.600 bits per heavy atom. The third-order valence-electron chi connectivity index (χ3n) is 11.9. The Morgan fingerprint density at radius 2 is 1.09 bits per heavy atom. The van der Waals surface area contributed by atoms with E-state index in [0.717, 1.165) is 36.5 Å². The van der Waals surface area contributed by atoms with E-state index in [1.807, 2.05) is 0 Å². The minimum atomic E-state index is 0.371. The predicted molar refractivity (Wildman–Crippen MR) is 202 cm³/mol. The molecule has 0 heteroatoms. The van der Waals surface area contributed by atoms with Gasteiger partial charge in [0.15, 0.2) is 0 Å². The number of allylic oxidation sites excluding steroid dienone is 14. The van der Waals surface area contributed by atoms with Crippen molar-refractivity contribution in [3.63, 3.8) is 0 Å². The third kappa shape index (κ3) is 11.3. The maximum atomic E-state index is 4.30. The van der Waals surface area contributed by atoms with Gasteiger partial charge in [0.05, 0.1) is 0 Å². The molecule has 0 radical (unpaired) electrons. The number of fused-ring (bicyclic) bond motifs is 2. The van der Waals surface area contributed by atoms with E-state index in [4.69, 9.17) is 0 Å². The lowest BCUT2D eigenvalue weighted by Crippen LogP contribution is -2.44. The van der Waals surface area contributed by atoms with Crippen LogP contribution in [0.2, 0.25) is 0 Å². The summed E-state index contributed by atoms with van der Waals surface area (Å²) in [4.78, 5) is 0. The second-order valence-electron chi connectivity index (χ2n) is 17.6. The second kappa shape index (κ2) is 16.2. The molecule has 4 atom stereocenters. The molecule has 2 fully saturated rings. The molecule has 0 unspecified atom stereocenters. The van der Waals surface area contributed by atoms with Crippen LogP contribution in [0.5, 0.6) is 0 Å². The molecule has 250 valence electrons. The summed E-state index contributed by atoms with van der Waals surface area (Å²) in [5.74, 6) is 3.46. The van der Waals surface area contributed by atoms with Crippen molar-refractivity contribution in [3.8, 4) is 0 Å². The Kier molecular flexibility index (Phi) is 13.4. The van der Waals surface area contributed by atoms with Gasteiger partial charge in [-0.3, -0.25) is 0 Å². The van der Waals surface area contributed by atoms with Crippen molar-refractivity contribution < 1.29 is 0 Å². The molecule has 5 rings (SSSR count). The summed E-state index contributed by atoms with van der Waals surface area (Å²) < 4.78 is 0. The monoisotopic (exact) mass is 611 g/mol. The Bertz CT molecular complexity index is 1150. The molecule has 0 bridgehead atoms. The average Bonchev–Trinajstić information content (AvgIpc) is 3.01. The standard InChI is InChI=1S/2C15H24.C15H22/c2*1-11-6-5-7-12(2)13-10-15(3,4)14(13)9-8-11;1-13-7-5-8-14(2)10-12-15(3,4)11-6-9-13/h2*6,13-14H,2,5,7-10H2,1,3-4H3;5-10H,11-12H2,1-4H3/b11-6+;11-6-;8-5-,9-6?,13-7?,14-10+/t2*13-,14-;/m11./s1. The Balaban J connectivity index is 0.000000184. The highest BCUT2D eigenvalue weighted by Crippen LogP contribution is 2.57. The van der Waals surface area contributed by atoms with Gasteiger partial charge in [-0.1, -0.05) is 137 Å². The fourth-order valence-corrected chi connectivity index (χ4v) is 8.44. The summed E-state index contributed by atoms with van der Waals surface area (Å²) >= 11 is 0. The molecule has 0 saturated heterocycles. The lowest BCUT2D eigenvalue weighted by Gasteiger charge is -2.53. The van der Waals surface area contributed by atoms with Crippen LogP contribution in [0.4, 0.5) is 0 Å². The molecular weight excluding hydrogens is 540 g/mol. The molecule has 0 aromatic heterocycles. The Hall–Kier alpha value is -2.08. The summed E-state index contributed by atoms with van der Waals surface area (Å²) in [5, 5.41) is 0. The fourth-order valence-electron chi connectivity index (χ4n) is 8.44. The van der Waals surface area contributed by atoms with Crippen LogP contribution in [-0.4, -0.2) is 0 Å². The van der Waals surface area contributed by atoms with E-state index >= 15 is 0 Å². The van der Waals surface area contributed by atoms with Crippen LogP contribution in [0.1, 0.15) is 146 Å². The van der Waals surface area contributed by atoms with Crippen molar-refractivity contribution in [2.75, 3.05) is 0 Å². The first kappa shape index (κ1) is 37.4. The number of hydrogen-bond donors (Lipinski definition) is 0. The minimum absolute atomic E-state index is 0.371. The molecule has 0 aromatic rings. The summed E-state index contributed by atoms with van der Waals surface area (Å²) in [7, 11) is 0. The van der Waals surface area contributed by atoms with Crippen molar-refractivity contribution in [1.82, 2.24) is 0 Å². The zero-order chi connectivity index (χ0) is 33.4. The van der Waals surface area contributed by atoms with Crippen LogP contribution in [0, 0.1) is 39.9 Å². The van der Waals surface area contributed by atoms with Gasteiger partial charge in [0, 0.05) is 0 Å². The van der Waals surface area contributed by atoms with Gasteiger partial charge in [-0.25, -0.2) is 0 Å². The van der Waals surface area contributed by atoms with E-state index in [1.54, 1.807) is 11.1 Å². The van der Waals surface area contributed by atoms with Gasteiger partial charge in [-0.2, -0.15) is 0 Å². The Morgan fingerprint density at radius 3 is 1.56 bits per heavy atom. The van der Waals surface area contributed by atoms with Gasteiger partial charge in [0.25, 0.3) is 0 Å². The molecule has 0 aromatic carbocycles. The van der Waals surface area contributed by atoms with Crippen LogP contribution in [0.25, 0.3) is 0 Å². The van der Waals surface area contributed by atoms with Crippen molar-refractivity contribution in [1.29, 1.82) is 0 Å². The van der Waals surface area contributed by atoms with Crippen LogP contribution < -0.4 is 0 Å². The van der Waals surface area contributed by atoms with E-state index < -0.39 is 0 Å². The maximum absolute atomic E-state index is 4.30. The highest BCUT2D eigenvalue weighted by atomic mass is 14.5. The summed E-state index contributed by atoms with van der Waals surface area (Å²) in [6.45, 7) is 31.8. The third-order valence-corrected chi connectivity index (χ3v) is 11.9. The largest absolute Gasteiger partial charge is 0.0996 e. The van der Waals surface area contributed by atoms with Gasteiger partial charge in [-0.05, 0) is 145 Å². The maximum Gasteiger partial charge on any atom is -0.0167 e. The fraction of sp³-hybridized carbons (Fsp3) is 0.644. The normalized spacial score (nSPS) is 35.0. The predicted octanol–water partition coefficient (Wildman–Crippen LogP) is 14.3. The molecule has 5 aliphatic rings. The SMILES string of the molecule is C=C1CC/C=C(/C)CC[C@@H]2[C@@H]1CC2(C)C.C=C1CC/C=C(\C)CC[C@@H]2[C@@H]1CC2(C)C.CC1=C/C=C\C(C)=C\CC(C)(C)CC=C1. The zero-order valence-corrected chi connectivity index (χ0v) is 31.3. The van der Waals surface area contributed by atoms with Crippen molar-refractivity contribution >= 4 is 0 Å². The van der Waals surface area contributed by atoms with Gasteiger partial charge in [0.2, 0.25) is 0 Å². The highest BCUT2D eigenvalue weighted by Gasteiger charge is 2.48. The van der Waals surface area contributed by atoms with Gasteiger partial charge in [0.1, 0.15) is 0 Å². The van der Waals surface area contributed by atoms with E-state index in [1.165, 1.54) is 86.5 Å². The Labute approximate surface area is 280 Å². The van der Waals surface area contributed by atoms with E-state index in [9.17, 15) is 0 Å². The molecule has 2 saturated carbocycles.